The Morgan fingerprint density at radius 3 is 2.12 bits per heavy atom. The molecule has 0 aliphatic carbocycles. The van der Waals surface area contributed by atoms with Crippen molar-refractivity contribution in [1.29, 1.82) is 0 Å². The molecule has 0 radical (unpaired) electrons. The molecule has 0 fully saturated rings. The summed E-state index contributed by atoms with van der Waals surface area (Å²) >= 11 is 0. The number of aryl methyl sites for hydroxylation is 1. The van der Waals surface area contributed by atoms with E-state index in [2.05, 4.69) is 97.6 Å². The molecule has 4 rings (SSSR count). The highest BCUT2D eigenvalue weighted by Gasteiger charge is 2.47. The molecule has 0 amide bonds. The first-order chi connectivity index (χ1) is 15.4. The molecule has 178 valence electrons. The zero-order valence-electron chi connectivity index (χ0n) is 21.8. The van der Waals surface area contributed by atoms with Gasteiger partial charge in [0.1, 0.15) is 17.1 Å². The number of hydrogen-bond donors (Lipinski definition) is 1. The standard InChI is InChI=1S/C28H39NO3Si/c1-16(2)33(17(3)4,18(5)6)32-25-15-23-21(14-24(25)30-10)22-13-19(7)27-20(26(22)29-23)11-12-28(8,9)31-27/h11-18,29H,1-10H3. The van der Waals surface area contributed by atoms with Gasteiger partial charge in [0.25, 0.3) is 8.32 Å². The molecule has 0 bridgehead atoms. The Hall–Kier alpha value is -2.40. The second-order valence-corrected chi connectivity index (χ2v) is 16.4. The Morgan fingerprint density at radius 1 is 0.909 bits per heavy atom. The number of ether oxygens (including phenoxy) is 2. The van der Waals surface area contributed by atoms with Gasteiger partial charge in [-0.3, -0.25) is 0 Å². The van der Waals surface area contributed by atoms with Crippen LogP contribution < -0.4 is 13.9 Å². The van der Waals surface area contributed by atoms with Gasteiger partial charge in [-0.25, -0.2) is 0 Å². The average Bonchev–Trinajstić information content (AvgIpc) is 3.07. The van der Waals surface area contributed by atoms with Gasteiger partial charge in [0.15, 0.2) is 5.75 Å². The van der Waals surface area contributed by atoms with Crippen molar-refractivity contribution in [3.05, 3.63) is 35.4 Å². The van der Waals surface area contributed by atoms with Crippen LogP contribution in [0.4, 0.5) is 0 Å². The summed E-state index contributed by atoms with van der Waals surface area (Å²) in [4.78, 5) is 3.67. The van der Waals surface area contributed by atoms with Crippen LogP contribution in [-0.2, 0) is 0 Å². The van der Waals surface area contributed by atoms with E-state index < -0.39 is 8.32 Å². The maximum atomic E-state index is 7.03. The zero-order valence-corrected chi connectivity index (χ0v) is 22.8. The lowest BCUT2D eigenvalue weighted by Crippen LogP contribution is -2.50. The molecule has 1 aliphatic rings. The maximum absolute atomic E-state index is 7.03. The Kier molecular flexibility index (Phi) is 5.84. The summed E-state index contributed by atoms with van der Waals surface area (Å²) in [5.74, 6) is 2.60. The minimum atomic E-state index is -2.12. The molecule has 0 saturated carbocycles. The van der Waals surface area contributed by atoms with Crippen LogP contribution in [0.15, 0.2) is 24.3 Å². The highest BCUT2D eigenvalue weighted by Crippen LogP contribution is 2.47. The van der Waals surface area contributed by atoms with Gasteiger partial charge in [0, 0.05) is 22.4 Å². The predicted octanol–water partition coefficient (Wildman–Crippen LogP) is 8.38. The molecule has 4 nitrogen and oxygen atoms in total. The number of H-pyrrole nitrogens is 1. The summed E-state index contributed by atoms with van der Waals surface area (Å²) in [7, 11) is -0.382. The molecule has 0 atom stereocenters. The lowest BCUT2D eigenvalue weighted by Gasteiger charge is -2.42. The Morgan fingerprint density at radius 2 is 1.55 bits per heavy atom. The van der Waals surface area contributed by atoms with Gasteiger partial charge in [-0.05, 0) is 67.2 Å². The van der Waals surface area contributed by atoms with E-state index in [0.29, 0.717) is 16.6 Å². The van der Waals surface area contributed by atoms with Crippen molar-refractivity contribution in [3.63, 3.8) is 0 Å². The first-order valence-corrected chi connectivity index (χ1v) is 14.3. The normalized spacial score (nSPS) is 15.5. The fraction of sp³-hybridized carbons (Fsp3) is 0.500. The van der Waals surface area contributed by atoms with Crippen molar-refractivity contribution in [2.45, 2.75) is 84.5 Å². The van der Waals surface area contributed by atoms with Gasteiger partial charge in [-0.15, -0.1) is 0 Å². The van der Waals surface area contributed by atoms with Gasteiger partial charge in [0.05, 0.1) is 18.1 Å². The van der Waals surface area contributed by atoms with Crippen LogP contribution in [-0.4, -0.2) is 26.0 Å². The summed E-state index contributed by atoms with van der Waals surface area (Å²) < 4.78 is 19.2. The maximum Gasteiger partial charge on any atom is 0.258 e. The van der Waals surface area contributed by atoms with Crippen molar-refractivity contribution in [2.24, 2.45) is 0 Å². The number of aromatic amines is 1. The minimum Gasteiger partial charge on any atom is -0.540 e. The second-order valence-electron chi connectivity index (χ2n) is 11.0. The van der Waals surface area contributed by atoms with Gasteiger partial charge in [-0.2, -0.15) is 0 Å². The number of hydrogen-bond acceptors (Lipinski definition) is 3. The van der Waals surface area contributed by atoms with Crippen molar-refractivity contribution in [1.82, 2.24) is 4.98 Å². The number of aromatic nitrogens is 1. The lowest BCUT2D eigenvalue weighted by atomic mass is 9.97. The number of methoxy groups -OCH3 is 1. The van der Waals surface area contributed by atoms with Gasteiger partial charge in [0.2, 0.25) is 0 Å². The smallest absolute Gasteiger partial charge is 0.258 e. The average molecular weight is 466 g/mol. The van der Waals surface area contributed by atoms with Crippen molar-refractivity contribution < 1.29 is 13.9 Å². The molecule has 0 unspecified atom stereocenters. The van der Waals surface area contributed by atoms with Crippen LogP contribution in [0.1, 0.15) is 66.5 Å². The van der Waals surface area contributed by atoms with Crippen LogP contribution in [0, 0.1) is 6.92 Å². The fourth-order valence-electron chi connectivity index (χ4n) is 5.85. The number of rotatable bonds is 6. The Bertz CT molecular complexity index is 1210. The summed E-state index contributed by atoms with van der Waals surface area (Å²) in [6, 6.07) is 6.49. The number of benzene rings is 2. The van der Waals surface area contributed by atoms with E-state index in [1.54, 1.807) is 7.11 Å². The minimum absolute atomic E-state index is 0.305. The molecular weight excluding hydrogens is 426 g/mol. The largest absolute Gasteiger partial charge is 0.540 e. The lowest BCUT2D eigenvalue weighted by molar-refractivity contribution is 0.158. The van der Waals surface area contributed by atoms with Crippen LogP contribution in [0.2, 0.25) is 16.6 Å². The van der Waals surface area contributed by atoms with E-state index in [1.165, 1.54) is 5.39 Å². The molecule has 1 N–H and O–H groups in total. The molecule has 1 aromatic heterocycles. The monoisotopic (exact) mass is 465 g/mol. The summed E-state index contributed by atoms with van der Waals surface area (Å²) in [5.41, 5.74) is 5.56. The van der Waals surface area contributed by atoms with Gasteiger partial charge < -0.3 is 18.9 Å². The molecule has 5 heteroatoms. The molecular formula is C28H39NO3Si. The fourth-order valence-corrected chi connectivity index (χ4v) is 11.1. The van der Waals surface area contributed by atoms with Crippen LogP contribution in [0.5, 0.6) is 17.2 Å². The molecule has 2 aromatic carbocycles. The third-order valence-electron chi connectivity index (χ3n) is 7.37. The first-order valence-electron chi connectivity index (χ1n) is 12.2. The summed E-state index contributed by atoms with van der Waals surface area (Å²) in [5, 5.41) is 2.32. The molecule has 0 spiro atoms. The summed E-state index contributed by atoms with van der Waals surface area (Å²) in [6.45, 7) is 20.1. The van der Waals surface area contributed by atoms with Crippen LogP contribution in [0.25, 0.3) is 27.9 Å². The zero-order chi connectivity index (χ0) is 24.3. The second kappa shape index (κ2) is 8.12. The Balaban J connectivity index is 1.93. The van der Waals surface area contributed by atoms with E-state index in [1.807, 2.05) is 0 Å². The molecule has 33 heavy (non-hydrogen) atoms. The van der Waals surface area contributed by atoms with Gasteiger partial charge in [-0.1, -0.05) is 41.5 Å². The van der Waals surface area contributed by atoms with E-state index >= 15 is 0 Å². The van der Waals surface area contributed by atoms with E-state index in [-0.39, 0.29) is 5.60 Å². The van der Waals surface area contributed by atoms with Crippen molar-refractivity contribution in [3.8, 4) is 17.2 Å². The highest BCUT2D eigenvalue weighted by atomic mass is 28.4. The van der Waals surface area contributed by atoms with Crippen molar-refractivity contribution in [2.75, 3.05) is 7.11 Å². The predicted molar refractivity (Wildman–Crippen MR) is 143 cm³/mol. The number of nitrogens with one attached hydrogen (secondary N) is 1. The van der Waals surface area contributed by atoms with E-state index in [9.17, 15) is 0 Å². The number of fused-ring (bicyclic) bond motifs is 5. The topological polar surface area (TPSA) is 43.5 Å². The molecule has 1 aliphatic heterocycles. The Labute approximate surface area is 199 Å². The third kappa shape index (κ3) is 3.74. The van der Waals surface area contributed by atoms with Crippen LogP contribution >= 0.6 is 0 Å². The van der Waals surface area contributed by atoms with E-state index in [0.717, 1.165) is 44.8 Å². The van der Waals surface area contributed by atoms with Crippen molar-refractivity contribution >= 4 is 36.2 Å². The third-order valence-corrected chi connectivity index (χ3v) is 13.4. The summed E-state index contributed by atoms with van der Waals surface area (Å²) in [6.07, 6.45) is 4.31. The molecule has 3 aromatic rings. The van der Waals surface area contributed by atoms with Crippen LogP contribution in [0.3, 0.4) is 0 Å². The van der Waals surface area contributed by atoms with E-state index in [4.69, 9.17) is 13.9 Å². The highest BCUT2D eigenvalue weighted by molar-refractivity contribution is 6.78. The SMILES string of the molecule is COc1cc2c(cc1O[Si](C(C)C)(C(C)C)C(C)C)[nH]c1c3c(c(C)cc12)OC(C)(C)C=C3. The molecule has 0 saturated heterocycles. The quantitative estimate of drug-likeness (QED) is 0.372. The first kappa shape index (κ1) is 23.7. The van der Waals surface area contributed by atoms with Gasteiger partial charge >= 0.3 is 0 Å². The molecule has 2 heterocycles.